The summed E-state index contributed by atoms with van der Waals surface area (Å²) in [4.78, 5) is 0. The number of hydrogen-bond acceptors (Lipinski definition) is 2. The third-order valence-electron chi connectivity index (χ3n) is 1.04. The highest BCUT2D eigenvalue weighted by molar-refractivity contribution is 14.1. The lowest BCUT2D eigenvalue weighted by molar-refractivity contribution is 0.482. The van der Waals surface area contributed by atoms with Crippen molar-refractivity contribution < 1.29 is 4.42 Å². The quantitative estimate of drug-likeness (QED) is 0.628. The van der Waals surface area contributed by atoms with Crippen LogP contribution in [0.4, 0.5) is 0 Å². The smallest absolute Gasteiger partial charge is 0.118 e. The Morgan fingerprint density at radius 1 is 1.67 bits per heavy atom. The van der Waals surface area contributed by atoms with Gasteiger partial charge in [0.05, 0.1) is 6.54 Å². The van der Waals surface area contributed by atoms with Gasteiger partial charge < -0.3 is 4.42 Å². The van der Waals surface area contributed by atoms with E-state index >= 15 is 0 Å². The fourth-order valence-corrected chi connectivity index (χ4v) is 1.02. The monoisotopic (exact) mass is 237 g/mol. The Morgan fingerprint density at radius 3 is 2.89 bits per heavy atom. The Morgan fingerprint density at radius 2 is 2.44 bits per heavy atom. The van der Waals surface area contributed by atoms with Crippen molar-refractivity contribution in [2.75, 3.05) is 0 Å². The van der Waals surface area contributed by atoms with E-state index in [2.05, 4.69) is 26.4 Å². The molecule has 0 aliphatic carbocycles. The van der Waals surface area contributed by atoms with E-state index in [4.69, 9.17) is 4.42 Å². The number of halogens is 1. The molecule has 0 spiro atoms. The highest BCUT2D eigenvalue weighted by Gasteiger charge is 1.94. The maximum Gasteiger partial charge on any atom is 0.118 e. The Labute approximate surface area is 68.1 Å². The van der Waals surface area contributed by atoms with Gasteiger partial charge in [0.2, 0.25) is 0 Å². The lowest BCUT2D eigenvalue weighted by Gasteiger charge is -1.89. The summed E-state index contributed by atoms with van der Waals surface area (Å²) in [7, 11) is 0. The summed E-state index contributed by atoms with van der Waals surface area (Å²) in [6, 6.07) is 3.93. The molecule has 0 aromatic carbocycles. The summed E-state index contributed by atoms with van der Waals surface area (Å²) in [5.41, 5.74) is 0. The molecule has 0 aliphatic rings. The Balaban J connectivity index is 2.61. The molecule has 1 rings (SSSR count). The molecule has 0 saturated heterocycles. The molecule has 0 fully saturated rings. The molecule has 0 aliphatic heterocycles. The second-order valence-corrected chi connectivity index (χ2v) is 2.59. The van der Waals surface area contributed by atoms with Crippen molar-refractivity contribution in [1.29, 1.82) is 0 Å². The summed E-state index contributed by atoms with van der Waals surface area (Å²) in [5.74, 6) is 1.96. The maximum atomic E-state index is 5.26. The predicted molar refractivity (Wildman–Crippen MR) is 44.3 cm³/mol. The topological polar surface area (TPSA) is 25.2 Å². The fourth-order valence-electron chi connectivity index (χ4n) is 0.646. The normalized spacial score (nSPS) is 10.0. The summed E-state index contributed by atoms with van der Waals surface area (Å²) < 4.78 is 8.23. The molecule has 1 aromatic heterocycles. The third kappa shape index (κ3) is 1.98. The van der Waals surface area contributed by atoms with Gasteiger partial charge in [-0.25, -0.2) is 0 Å². The Kier molecular flexibility index (Phi) is 2.53. The molecular formula is C6H8INO. The van der Waals surface area contributed by atoms with Crippen molar-refractivity contribution in [3.63, 3.8) is 0 Å². The van der Waals surface area contributed by atoms with Crippen LogP contribution in [0.3, 0.4) is 0 Å². The average molecular weight is 237 g/mol. The van der Waals surface area contributed by atoms with E-state index in [-0.39, 0.29) is 0 Å². The molecule has 0 radical (unpaired) electrons. The van der Waals surface area contributed by atoms with Crippen LogP contribution in [0, 0.1) is 6.92 Å². The largest absolute Gasteiger partial charge is 0.465 e. The van der Waals surface area contributed by atoms with Gasteiger partial charge in [0.25, 0.3) is 0 Å². The molecular weight excluding hydrogens is 229 g/mol. The second-order valence-electron chi connectivity index (χ2n) is 1.82. The van der Waals surface area contributed by atoms with Crippen LogP contribution < -0.4 is 3.53 Å². The number of rotatable bonds is 2. The molecule has 50 valence electrons. The van der Waals surface area contributed by atoms with Crippen LogP contribution >= 0.6 is 22.9 Å². The lowest BCUT2D eigenvalue weighted by Crippen LogP contribution is -1.94. The van der Waals surface area contributed by atoms with Crippen molar-refractivity contribution in [3.8, 4) is 0 Å². The Bertz CT molecular complexity index is 185. The third-order valence-corrected chi connectivity index (χ3v) is 1.42. The fraction of sp³-hybridized carbons (Fsp3) is 0.333. The average Bonchev–Trinajstić information content (AvgIpc) is 2.17. The van der Waals surface area contributed by atoms with Crippen LogP contribution in [0.5, 0.6) is 0 Å². The molecule has 0 bridgehead atoms. The van der Waals surface area contributed by atoms with Gasteiger partial charge >= 0.3 is 0 Å². The molecule has 9 heavy (non-hydrogen) atoms. The second kappa shape index (κ2) is 3.22. The van der Waals surface area contributed by atoms with E-state index in [1.54, 1.807) is 0 Å². The van der Waals surface area contributed by atoms with E-state index in [0.29, 0.717) is 0 Å². The molecule has 1 N–H and O–H groups in total. The first kappa shape index (κ1) is 7.08. The van der Waals surface area contributed by atoms with Crippen molar-refractivity contribution in [2.45, 2.75) is 13.5 Å². The van der Waals surface area contributed by atoms with Gasteiger partial charge in [-0.3, -0.25) is 3.53 Å². The zero-order chi connectivity index (χ0) is 6.69. The standard InChI is InChI=1S/C6H8INO/c1-5-2-3-6(9-5)4-8-7/h2-3,8H,4H2,1H3. The van der Waals surface area contributed by atoms with E-state index < -0.39 is 0 Å². The van der Waals surface area contributed by atoms with Gasteiger partial charge in [-0.15, -0.1) is 0 Å². The molecule has 3 heteroatoms. The van der Waals surface area contributed by atoms with E-state index in [9.17, 15) is 0 Å². The van der Waals surface area contributed by atoms with Crippen molar-refractivity contribution >= 4 is 22.9 Å². The number of nitrogens with one attached hydrogen (secondary N) is 1. The Hall–Kier alpha value is -0.0300. The van der Waals surface area contributed by atoms with Crippen molar-refractivity contribution in [1.82, 2.24) is 3.53 Å². The van der Waals surface area contributed by atoms with Crippen molar-refractivity contribution in [2.24, 2.45) is 0 Å². The first-order valence-electron chi connectivity index (χ1n) is 2.72. The minimum atomic E-state index is 0.800. The van der Waals surface area contributed by atoms with E-state index in [1.165, 1.54) is 0 Å². The van der Waals surface area contributed by atoms with E-state index in [0.717, 1.165) is 18.1 Å². The molecule has 1 aromatic rings. The summed E-state index contributed by atoms with van der Waals surface area (Å²) in [6.07, 6.45) is 0. The van der Waals surface area contributed by atoms with Crippen LogP contribution in [0.2, 0.25) is 0 Å². The van der Waals surface area contributed by atoms with Crippen LogP contribution in [0.15, 0.2) is 16.5 Å². The number of aryl methyl sites for hydroxylation is 1. The van der Waals surface area contributed by atoms with Crippen LogP contribution in [0.1, 0.15) is 11.5 Å². The van der Waals surface area contributed by atoms with Gasteiger partial charge in [0.15, 0.2) is 0 Å². The van der Waals surface area contributed by atoms with Crippen molar-refractivity contribution in [3.05, 3.63) is 23.7 Å². The number of furan rings is 1. The van der Waals surface area contributed by atoms with Gasteiger partial charge in [0, 0.05) is 22.9 Å². The van der Waals surface area contributed by atoms with Crippen LogP contribution in [-0.2, 0) is 6.54 Å². The zero-order valence-electron chi connectivity index (χ0n) is 5.15. The lowest BCUT2D eigenvalue weighted by atomic mass is 10.4. The highest BCUT2D eigenvalue weighted by atomic mass is 127. The molecule has 0 atom stereocenters. The highest BCUT2D eigenvalue weighted by Crippen LogP contribution is 2.05. The maximum absolute atomic E-state index is 5.26. The van der Waals surface area contributed by atoms with Crippen LogP contribution in [0.25, 0.3) is 0 Å². The summed E-state index contributed by atoms with van der Waals surface area (Å²) >= 11 is 2.09. The van der Waals surface area contributed by atoms with Crippen LogP contribution in [-0.4, -0.2) is 0 Å². The molecule has 0 saturated carbocycles. The van der Waals surface area contributed by atoms with Gasteiger partial charge in [0.1, 0.15) is 11.5 Å². The molecule has 1 heterocycles. The molecule has 0 unspecified atom stereocenters. The van der Waals surface area contributed by atoms with Gasteiger partial charge in [-0.1, -0.05) is 0 Å². The van der Waals surface area contributed by atoms with Gasteiger partial charge in [-0.2, -0.15) is 0 Å². The van der Waals surface area contributed by atoms with Gasteiger partial charge in [-0.05, 0) is 19.1 Å². The molecule has 0 amide bonds. The minimum absolute atomic E-state index is 0.800. The minimum Gasteiger partial charge on any atom is -0.465 e. The first-order valence-corrected chi connectivity index (χ1v) is 3.79. The summed E-state index contributed by atoms with van der Waals surface area (Å²) in [6.45, 7) is 2.74. The summed E-state index contributed by atoms with van der Waals surface area (Å²) in [5, 5.41) is 0. The zero-order valence-corrected chi connectivity index (χ0v) is 7.31. The number of hydrogen-bond donors (Lipinski definition) is 1. The molecule has 2 nitrogen and oxygen atoms in total. The SMILES string of the molecule is Cc1ccc(CNI)o1. The first-order chi connectivity index (χ1) is 4.33. The van der Waals surface area contributed by atoms with E-state index in [1.807, 2.05) is 19.1 Å². The predicted octanol–water partition coefficient (Wildman–Crippen LogP) is 2.03.